The lowest BCUT2D eigenvalue weighted by atomic mass is 10.0. The highest BCUT2D eigenvalue weighted by Crippen LogP contribution is 2.23. The molecular formula is C13H14N4O2. The molecule has 0 aliphatic heterocycles. The largest absolute Gasteiger partial charge is 0.463 e. The summed E-state index contributed by atoms with van der Waals surface area (Å²) >= 11 is 0. The van der Waals surface area contributed by atoms with Crippen molar-refractivity contribution >= 4 is 5.82 Å². The van der Waals surface area contributed by atoms with Gasteiger partial charge in [-0.05, 0) is 26.0 Å². The van der Waals surface area contributed by atoms with E-state index in [4.69, 9.17) is 9.68 Å². The number of anilines is 1. The van der Waals surface area contributed by atoms with Crippen LogP contribution in [0.25, 0.3) is 0 Å². The summed E-state index contributed by atoms with van der Waals surface area (Å²) in [6, 6.07) is 5.44. The van der Waals surface area contributed by atoms with Crippen LogP contribution in [0.4, 0.5) is 5.82 Å². The van der Waals surface area contributed by atoms with Gasteiger partial charge < -0.3 is 14.8 Å². The highest BCUT2D eigenvalue weighted by molar-refractivity contribution is 5.47. The van der Waals surface area contributed by atoms with Crippen molar-refractivity contribution in [1.29, 1.82) is 5.26 Å². The smallest absolute Gasteiger partial charge is 0.182 e. The van der Waals surface area contributed by atoms with E-state index in [1.165, 1.54) is 12.4 Å². The number of aromatic nitrogens is 2. The van der Waals surface area contributed by atoms with Gasteiger partial charge >= 0.3 is 0 Å². The maximum atomic E-state index is 10.3. The van der Waals surface area contributed by atoms with Gasteiger partial charge in [0.2, 0.25) is 0 Å². The molecule has 2 aromatic rings. The molecule has 2 N–H and O–H groups in total. The fourth-order valence-electron chi connectivity index (χ4n) is 1.62. The molecule has 19 heavy (non-hydrogen) atoms. The molecule has 1 atom stereocenters. The van der Waals surface area contributed by atoms with E-state index < -0.39 is 5.60 Å². The molecule has 1 unspecified atom stereocenters. The van der Waals surface area contributed by atoms with E-state index in [-0.39, 0.29) is 12.2 Å². The van der Waals surface area contributed by atoms with Crippen LogP contribution in [0.2, 0.25) is 0 Å². The lowest BCUT2D eigenvalue weighted by molar-refractivity contribution is 0.0467. The summed E-state index contributed by atoms with van der Waals surface area (Å²) in [5.41, 5.74) is -1.01. The van der Waals surface area contributed by atoms with Crippen molar-refractivity contribution in [2.45, 2.75) is 19.4 Å². The monoisotopic (exact) mass is 258 g/mol. The zero-order chi connectivity index (χ0) is 13.9. The topological polar surface area (TPSA) is 95.0 Å². The van der Waals surface area contributed by atoms with Crippen LogP contribution in [0, 0.1) is 18.3 Å². The van der Waals surface area contributed by atoms with Gasteiger partial charge in [0.1, 0.15) is 23.2 Å². The molecule has 0 radical (unpaired) electrons. The molecule has 98 valence electrons. The molecule has 2 aromatic heterocycles. The minimum Gasteiger partial charge on any atom is -0.463 e. The molecular weight excluding hydrogens is 244 g/mol. The second-order valence-electron chi connectivity index (χ2n) is 4.40. The number of aryl methyl sites for hydroxylation is 1. The Morgan fingerprint density at radius 3 is 2.79 bits per heavy atom. The van der Waals surface area contributed by atoms with Crippen molar-refractivity contribution in [2.24, 2.45) is 0 Å². The molecule has 2 rings (SSSR count). The van der Waals surface area contributed by atoms with Gasteiger partial charge in [-0.2, -0.15) is 5.26 Å². The lowest BCUT2D eigenvalue weighted by Gasteiger charge is -2.21. The number of hydrogen-bond donors (Lipinski definition) is 2. The van der Waals surface area contributed by atoms with Crippen molar-refractivity contribution in [3.8, 4) is 6.07 Å². The first-order valence-corrected chi connectivity index (χ1v) is 5.77. The Morgan fingerprint density at radius 1 is 1.42 bits per heavy atom. The zero-order valence-electron chi connectivity index (χ0n) is 10.7. The summed E-state index contributed by atoms with van der Waals surface area (Å²) in [6.45, 7) is 3.59. The van der Waals surface area contributed by atoms with E-state index >= 15 is 0 Å². The van der Waals surface area contributed by atoms with Crippen LogP contribution in [0.5, 0.6) is 0 Å². The average Bonchev–Trinajstić information content (AvgIpc) is 2.84. The maximum Gasteiger partial charge on any atom is 0.182 e. The third kappa shape index (κ3) is 2.89. The zero-order valence-corrected chi connectivity index (χ0v) is 10.7. The summed E-state index contributed by atoms with van der Waals surface area (Å²) in [5, 5.41) is 22.1. The van der Waals surface area contributed by atoms with Gasteiger partial charge in [0.15, 0.2) is 11.5 Å². The van der Waals surface area contributed by atoms with E-state index in [0.717, 1.165) is 5.76 Å². The third-order valence-corrected chi connectivity index (χ3v) is 2.68. The Balaban J connectivity index is 2.12. The molecule has 0 fully saturated rings. The Hall–Kier alpha value is -2.39. The van der Waals surface area contributed by atoms with Crippen LogP contribution in [0.15, 0.2) is 28.9 Å². The molecule has 0 bridgehead atoms. The summed E-state index contributed by atoms with van der Waals surface area (Å²) in [6.07, 6.45) is 2.92. The van der Waals surface area contributed by atoms with Crippen LogP contribution in [0.3, 0.4) is 0 Å². The lowest BCUT2D eigenvalue weighted by Crippen LogP contribution is -2.30. The summed E-state index contributed by atoms with van der Waals surface area (Å²) < 4.78 is 5.40. The first-order chi connectivity index (χ1) is 9.03. The standard InChI is InChI=1S/C13H14N4O2/c1-9-3-4-11(19-9)13(2,18)8-17-12-10(7-14)15-5-6-16-12/h3-6,18H,8H2,1-2H3,(H,16,17). The van der Waals surface area contributed by atoms with Crippen LogP contribution in [-0.4, -0.2) is 21.6 Å². The molecule has 6 heteroatoms. The van der Waals surface area contributed by atoms with Crippen molar-refractivity contribution in [1.82, 2.24) is 9.97 Å². The molecule has 6 nitrogen and oxygen atoms in total. The predicted octanol–water partition coefficient (Wildman–Crippen LogP) is 1.57. The second-order valence-corrected chi connectivity index (χ2v) is 4.40. The Morgan fingerprint density at radius 2 is 2.16 bits per heavy atom. The number of hydrogen-bond acceptors (Lipinski definition) is 6. The van der Waals surface area contributed by atoms with Gasteiger partial charge in [-0.15, -0.1) is 0 Å². The van der Waals surface area contributed by atoms with Crippen LogP contribution in [0.1, 0.15) is 24.1 Å². The number of nitrogens with one attached hydrogen (secondary N) is 1. The number of aliphatic hydroxyl groups is 1. The number of nitrogens with zero attached hydrogens (tertiary/aromatic N) is 3. The van der Waals surface area contributed by atoms with Gasteiger partial charge in [0.05, 0.1) is 6.54 Å². The van der Waals surface area contributed by atoms with E-state index in [2.05, 4.69) is 15.3 Å². The molecule has 0 amide bonds. The van der Waals surface area contributed by atoms with E-state index in [0.29, 0.717) is 11.6 Å². The number of rotatable bonds is 4. The predicted molar refractivity (Wildman–Crippen MR) is 68.3 cm³/mol. The maximum absolute atomic E-state index is 10.3. The molecule has 0 saturated heterocycles. The molecule has 0 aliphatic carbocycles. The van der Waals surface area contributed by atoms with Gasteiger partial charge in [-0.3, -0.25) is 0 Å². The molecule has 0 saturated carbocycles. The Kier molecular flexibility index (Phi) is 3.49. The average molecular weight is 258 g/mol. The van der Waals surface area contributed by atoms with Crippen LogP contribution in [-0.2, 0) is 5.60 Å². The Bertz CT molecular complexity index is 613. The van der Waals surface area contributed by atoms with Crippen LogP contribution < -0.4 is 5.32 Å². The van der Waals surface area contributed by atoms with Crippen molar-refractivity contribution in [3.05, 3.63) is 41.7 Å². The highest BCUT2D eigenvalue weighted by atomic mass is 16.4. The first kappa shape index (κ1) is 13.1. The first-order valence-electron chi connectivity index (χ1n) is 5.77. The van der Waals surface area contributed by atoms with Gasteiger partial charge in [-0.1, -0.05) is 0 Å². The van der Waals surface area contributed by atoms with E-state index in [1.54, 1.807) is 19.1 Å². The van der Waals surface area contributed by atoms with Gasteiger partial charge in [0, 0.05) is 12.4 Å². The van der Waals surface area contributed by atoms with Gasteiger partial charge in [0.25, 0.3) is 0 Å². The fraction of sp³-hybridized carbons (Fsp3) is 0.308. The van der Waals surface area contributed by atoms with Crippen molar-refractivity contribution in [2.75, 3.05) is 11.9 Å². The molecule has 2 heterocycles. The van der Waals surface area contributed by atoms with E-state index in [9.17, 15) is 5.11 Å². The number of nitriles is 1. The summed E-state index contributed by atoms with van der Waals surface area (Å²) in [5.74, 6) is 1.53. The van der Waals surface area contributed by atoms with E-state index in [1.807, 2.05) is 13.0 Å². The van der Waals surface area contributed by atoms with Crippen molar-refractivity contribution in [3.63, 3.8) is 0 Å². The number of furan rings is 1. The minimum absolute atomic E-state index is 0.160. The fourth-order valence-corrected chi connectivity index (χ4v) is 1.62. The normalized spacial score (nSPS) is 13.6. The summed E-state index contributed by atoms with van der Waals surface area (Å²) in [7, 11) is 0. The molecule has 0 aliphatic rings. The summed E-state index contributed by atoms with van der Waals surface area (Å²) in [4.78, 5) is 7.90. The highest BCUT2D eigenvalue weighted by Gasteiger charge is 2.27. The quantitative estimate of drug-likeness (QED) is 0.864. The third-order valence-electron chi connectivity index (χ3n) is 2.68. The minimum atomic E-state index is -1.20. The second kappa shape index (κ2) is 5.08. The molecule has 0 aromatic carbocycles. The van der Waals surface area contributed by atoms with Crippen molar-refractivity contribution < 1.29 is 9.52 Å². The molecule has 0 spiro atoms. The van der Waals surface area contributed by atoms with Crippen LogP contribution >= 0.6 is 0 Å². The SMILES string of the molecule is Cc1ccc(C(C)(O)CNc2nccnc2C#N)o1. The van der Waals surface area contributed by atoms with Gasteiger partial charge in [-0.25, -0.2) is 9.97 Å². The Labute approximate surface area is 110 Å².